The largest absolute Gasteiger partial charge is 0.494 e. The summed E-state index contributed by atoms with van der Waals surface area (Å²) in [6.07, 6.45) is 0.973. The van der Waals surface area contributed by atoms with E-state index in [1.165, 1.54) is 12.1 Å². The fraction of sp³-hybridized carbons (Fsp3) is 0.294. The van der Waals surface area contributed by atoms with E-state index in [4.69, 9.17) is 9.47 Å². The van der Waals surface area contributed by atoms with Gasteiger partial charge in [0.1, 0.15) is 23.1 Å². The highest BCUT2D eigenvalue weighted by molar-refractivity contribution is 5.39. The molecule has 1 N–H and O–H groups in total. The Kier molecular flexibility index (Phi) is 5.58. The fourth-order valence-electron chi connectivity index (χ4n) is 1.93. The standard InChI is InChI=1S/C17H20FNO2/c1-3-10-20-15-5-7-16(8-6-15)21-17-9-4-14(18)11-13(17)12-19-2/h4-9,11,19H,3,10,12H2,1-2H3. The molecule has 0 bridgehead atoms. The van der Waals surface area contributed by atoms with E-state index in [1.54, 1.807) is 6.07 Å². The van der Waals surface area contributed by atoms with Crippen LogP contribution in [0, 0.1) is 5.82 Å². The highest BCUT2D eigenvalue weighted by atomic mass is 19.1. The number of ether oxygens (including phenoxy) is 2. The molecule has 0 atom stereocenters. The van der Waals surface area contributed by atoms with Crippen molar-refractivity contribution >= 4 is 0 Å². The van der Waals surface area contributed by atoms with Crippen LogP contribution in [-0.4, -0.2) is 13.7 Å². The first-order valence-corrected chi connectivity index (χ1v) is 7.06. The summed E-state index contributed by atoms with van der Waals surface area (Å²) in [6, 6.07) is 11.9. The first kappa shape index (κ1) is 15.3. The van der Waals surface area contributed by atoms with Gasteiger partial charge in [-0.05, 0) is 55.9 Å². The third-order valence-corrected chi connectivity index (χ3v) is 2.91. The Morgan fingerprint density at radius 1 is 1.05 bits per heavy atom. The van der Waals surface area contributed by atoms with Gasteiger partial charge in [0.15, 0.2) is 0 Å². The molecule has 3 nitrogen and oxygen atoms in total. The second-order valence-electron chi connectivity index (χ2n) is 4.70. The Morgan fingerprint density at radius 3 is 2.43 bits per heavy atom. The first-order chi connectivity index (χ1) is 10.2. The fourth-order valence-corrected chi connectivity index (χ4v) is 1.93. The normalized spacial score (nSPS) is 10.4. The summed E-state index contributed by atoms with van der Waals surface area (Å²) < 4.78 is 24.6. The van der Waals surface area contributed by atoms with Crippen molar-refractivity contribution in [3.05, 3.63) is 53.8 Å². The SMILES string of the molecule is CCCOc1ccc(Oc2ccc(F)cc2CNC)cc1. The van der Waals surface area contributed by atoms with Crippen molar-refractivity contribution in [3.8, 4) is 17.2 Å². The molecule has 0 fully saturated rings. The van der Waals surface area contributed by atoms with Gasteiger partial charge < -0.3 is 14.8 Å². The number of hydrogen-bond donors (Lipinski definition) is 1. The van der Waals surface area contributed by atoms with Crippen LogP contribution in [-0.2, 0) is 6.54 Å². The third kappa shape index (κ3) is 4.46. The molecule has 4 heteroatoms. The van der Waals surface area contributed by atoms with Crippen LogP contribution in [0.3, 0.4) is 0 Å². The molecule has 0 aromatic heterocycles. The van der Waals surface area contributed by atoms with Gasteiger partial charge in [-0.3, -0.25) is 0 Å². The van der Waals surface area contributed by atoms with E-state index in [0.717, 1.165) is 17.7 Å². The molecular weight excluding hydrogens is 269 g/mol. The molecule has 0 radical (unpaired) electrons. The molecule has 112 valence electrons. The highest BCUT2D eigenvalue weighted by Gasteiger charge is 2.06. The van der Waals surface area contributed by atoms with Gasteiger partial charge >= 0.3 is 0 Å². The molecular formula is C17H20FNO2. The Hall–Kier alpha value is -2.07. The molecule has 21 heavy (non-hydrogen) atoms. The van der Waals surface area contributed by atoms with Crippen molar-refractivity contribution in [1.82, 2.24) is 5.32 Å². The lowest BCUT2D eigenvalue weighted by molar-refractivity contribution is 0.317. The van der Waals surface area contributed by atoms with Crippen LogP contribution in [0.2, 0.25) is 0 Å². The number of rotatable bonds is 7. The zero-order valence-corrected chi connectivity index (χ0v) is 12.4. The quantitative estimate of drug-likeness (QED) is 0.831. The van der Waals surface area contributed by atoms with Crippen LogP contribution in [0.15, 0.2) is 42.5 Å². The number of nitrogens with one attached hydrogen (secondary N) is 1. The maximum atomic E-state index is 13.3. The van der Waals surface area contributed by atoms with Gasteiger partial charge in [-0.15, -0.1) is 0 Å². The van der Waals surface area contributed by atoms with E-state index in [2.05, 4.69) is 12.2 Å². The maximum Gasteiger partial charge on any atom is 0.132 e. The van der Waals surface area contributed by atoms with Crippen molar-refractivity contribution < 1.29 is 13.9 Å². The molecule has 0 saturated carbocycles. The monoisotopic (exact) mass is 289 g/mol. The van der Waals surface area contributed by atoms with Crippen LogP contribution in [0.4, 0.5) is 4.39 Å². The predicted octanol–water partition coefficient (Wildman–Crippen LogP) is 4.13. The third-order valence-electron chi connectivity index (χ3n) is 2.91. The summed E-state index contributed by atoms with van der Waals surface area (Å²) in [5, 5.41) is 3.00. The van der Waals surface area contributed by atoms with E-state index in [1.807, 2.05) is 31.3 Å². The number of hydrogen-bond acceptors (Lipinski definition) is 3. The van der Waals surface area contributed by atoms with Gasteiger partial charge in [0.05, 0.1) is 6.61 Å². The zero-order chi connectivity index (χ0) is 15.1. The van der Waals surface area contributed by atoms with Crippen LogP contribution in [0.5, 0.6) is 17.2 Å². The molecule has 0 aliphatic rings. The van der Waals surface area contributed by atoms with Crippen LogP contribution >= 0.6 is 0 Å². The molecule has 0 heterocycles. The van der Waals surface area contributed by atoms with Crippen molar-refractivity contribution in [2.45, 2.75) is 19.9 Å². The predicted molar refractivity (Wildman–Crippen MR) is 81.5 cm³/mol. The number of benzene rings is 2. The van der Waals surface area contributed by atoms with E-state index >= 15 is 0 Å². The summed E-state index contributed by atoms with van der Waals surface area (Å²) in [4.78, 5) is 0. The van der Waals surface area contributed by atoms with E-state index in [-0.39, 0.29) is 5.82 Å². The van der Waals surface area contributed by atoms with Crippen LogP contribution in [0.25, 0.3) is 0 Å². The van der Waals surface area contributed by atoms with Crippen molar-refractivity contribution in [2.75, 3.05) is 13.7 Å². The van der Waals surface area contributed by atoms with E-state index < -0.39 is 0 Å². The first-order valence-electron chi connectivity index (χ1n) is 7.06. The molecule has 0 spiro atoms. The summed E-state index contributed by atoms with van der Waals surface area (Å²) in [6.45, 7) is 3.31. The lowest BCUT2D eigenvalue weighted by Crippen LogP contribution is -2.06. The minimum atomic E-state index is -0.268. The second-order valence-corrected chi connectivity index (χ2v) is 4.70. The summed E-state index contributed by atoms with van der Waals surface area (Å²) in [5.74, 6) is 1.89. The van der Waals surface area contributed by atoms with Crippen molar-refractivity contribution in [2.24, 2.45) is 0 Å². The average Bonchev–Trinajstić information content (AvgIpc) is 2.49. The molecule has 2 aromatic rings. The molecule has 0 aliphatic heterocycles. The molecule has 0 unspecified atom stereocenters. The van der Waals surface area contributed by atoms with Gasteiger partial charge in [0.25, 0.3) is 0 Å². The number of halogens is 1. The average molecular weight is 289 g/mol. The molecule has 0 amide bonds. The Bertz CT molecular complexity index is 570. The summed E-state index contributed by atoms with van der Waals surface area (Å²) in [5.41, 5.74) is 0.781. The highest BCUT2D eigenvalue weighted by Crippen LogP contribution is 2.27. The lowest BCUT2D eigenvalue weighted by atomic mass is 10.2. The van der Waals surface area contributed by atoms with Crippen LogP contribution < -0.4 is 14.8 Å². The minimum Gasteiger partial charge on any atom is -0.494 e. The van der Waals surface area contributed by atoms with Gasteiger partial charge in [-0.1, -0.05) is 6.92 Å². The second kappa shape index (κ2) is 7.64. The summed E-state index contributed by atoms with van der Waals surface area (Å²) in [7, 11) is 1.81. The molecule has 2 rings (SSSR count). The smallest absolute Gasteiger partial charge is 0.132 e. The van der Waals surface area contributed by atoms with Crippen molar-refractivity contribution in [3.63, 3.8) is 0 Å². The molecule has 2 aromatic carbocycles. The Balaban J connectivity index is 2.10. The van der Waals surface area contributed by atoms with Gasteiger partial charge in [-0.2, -0.15) is 0 Å². The topological polar surface area (TPSA) is 30.5 Å². The Morgan fingerprint density at radius 2 is 1.76 bits per heavy atom. The molecule has 0 aliphatic carbocycles. The van der Waals surface area contributed by atoms with Gasteiger partial charge in [0.2, 0.25) is 0 Å². The van der Waals surface area contributed by atoms with E-state index in [0.29, 0.717) is 24.7 Å². The molecule has 0 saturated heterocycles. The van der Waals surface area contributed by atoms with Gasteiger partial charge in [-0.25, -0.2) is 4.39 Å². The maximum absolute atomic E-state index is 13.3. The summed E-state index contributed by atoms with van der Waals surface area (Å²) >= 11 is 0. The van der Waals surface area contributed by atoms with Crippen molar-refractivity contribution in [1.29, 1.82) is 0 Å². The van der Waals surface area contributed by atoms with Crippen LogP contribution in [0.1, 0.15) is 18.9 Å². The lowest BCUT2D eigenvalue weighted by Gasteiger charge is -2.12. The Labute approximate surface area is 124 Å². The van der Waals surface area contributed by atoms with Gasteiger partial charge in [0, 0.05) is 12.1 Å². The van der Waals surface area contributed by atoms with E-state index in [9.17, 15) is 4.39 Å². The zero-order valence-electron chi connectivity index (χ0n) is 12.4. The minimum absolute atomic E-state index is 0.268.